The standard InChI is InChI=1S/C5H8O6S/c1-4(6)2-5(7)11-3-12(8,9)10/h2-3H2,1H3,(H,8,9,10). The van der Waals surface area contributed by atoms with Crippen molar-refractivity contribution in [1.29, 1.82) is 0 Å². The predicted octanol–water partition coefficient (Wildman–Crippen LogP) is -0.646. The molecule has 0 fully saturated rings. The summed E-state index contributed by atoms with van der Waals surface area (Å²) in [7, 11) is -4.31. The molecule has 1 N–H and O–H groups in total. The molecule has 0 spiro atoms. The molecule has 0 aliphatic carbocycles. The van der Waals surface area contributed by atoms with E-state index in [1.807, 2.05) is 0 Å². The summed E-state index contributed by atoms with van der Waals surface area (Å²) < 4.78 is 32.2. The number of esters is 1. The number of rotatable bonds is 4. The Balaban J connectivity index is 3.81. The number of hydrogen-bond donors (Lipinski definition) is 1. The summed E-state index contributed by atoms with van der Waals surface area (Å²) >= 11 is 0. The van der Waals surface area contributed by atoms with E-state index in [2.05, 4.69) is 4.74 Å². The van der Waals surface area contributed by atoms with Gasteiger partial charge in [-0.05, 0) is 6.92 Å². The van der Waals surface area contributed by atoms with Gasteiger partial charge in [0.2, 0.25) is 5.94 Å². The van der Waals surface area contributed by atoms with E-state index >= 15 is 0 Å². The second kappa shape index (κ2) is 4.17. The van der Waals surface area contributed by atoms with Gasteiger partial charge in [-0.3, -0.25) is 14.1 Å². The summed E-state index contributed by atoms with van der Waals surface area (Å²) in [6, 6.07) is 0. The van der Waals surface area contributed by atoms with Crippen molar-refractivity contribution in [2.75, 3.05) is 5.94 Å². The Bertz CT molecular complexity index is 276. The highest BCUT2D eigenvalue weighted by atomic mass is 32.2. The van der Waals surface area contributed by atoms with Crippen LogP contribution in [0.5, 0.6) is 0 Å². The van der Waals surface area contributed by atoms with Gasteiger partial charge in [0.1, 0.15) is 12.2 Å². The highest BCUT2D eigenvalue weighted by molar-refractivity contribution is 7.85. The molecule has 0 rings (SSSR count). The lowest BCUT2D eigenvalue weighted by Crippen LogP contribution is -2.15. The molecule has 0 heterocycles. The molecule has 0 aliphatic rings. The second-order valence-corrected chi connectivity index (χ2v) is 3.49. The third-order valence-electron chi connectivity index (χ3n) is 0.762. The monoisotopic (exact) mass is 196 g/mol. The largest absolute Gasteiger partial charge is 0.446 e. The molecule has 0 amide bonds. The van der Waals surface area contributed by atoms with Crippen molar-refractivity contribution in [2.45, 2.75) is 13.3 Å². The zero-order valence-electron chi connectivity index (χ0n) is 6.31. The quantitative estimate of drug-likeness (QED) is 0.364. The molecule has 0 aromatic carbocycles. The number of hydrogen-bond acceptors (Lipinski definition) is 5. The summed E-state index contributed by atoms with van der Waals surface area (Å²) in [6.07, 6.45) is -0.491. The Morgan fingerprint density at radius 3 is 2.25 bits per heavy atom. The summed E-state index contributed by atoms with van der Waals surface area (Å²) in [5, 5.41) is 0. The maximum Gasteiger partial charge on any atom is 0.314 e. The smallest absolute Gasteiger partial charge is 0.314 e. The zero-order chi connectivity index (χ0) is 9.78. The van der Waals surface area contributed by atoms with E-state index < -0.39 is 34.2 Å². The first-order chi connectivity index (χ1) is 5.31. The second-order valence-electron chi connectivity index (χ2n) is 2.09. The van der Waals surface area contributed by atoms with E-state index in [9.17, 15) is 18.0 Å². The predicted molar refractivity (Wildman–Crippen MR) is 37.8 cm³/mol. The lowest BCUT2D eigenvalue weighted by atomic mass is 10.3. The van der Waals surface area contributed by atoms with Crippen molar-refractivity contribution in [3.05, 3.63) is 0 Å². The normalized spacial score (nSPS) is 10.8. The molecular formula is C5H8O6S. The number of carbonyl (C=O) groups excluding carboxylic acids is 2. The van der Waals surface area contributed by atoms with Gasteiger partial charge in [-0.25, -0.2) is 0 Å². The van der Waals surface area contributed by atoms with Gasteiger partial charge in [-0.15, -0.1) is 0 Å². The first kappa shape index (κ1) is 11.1. The van der Waals surface area contributed by atoms with Gasteiger partial charge in [-0.1, -0.05) is 0 Å². The van der Waals surface area contributed by atoms with Crippen molar-refractivity contribution in [1.82, 2.24) is 0 Å². The maximum absolute atomic E-state index is 10.5. The van der Waals surface area contributed by atoms with Crippen LogP contribution in [-0.4, -0.2) is 30.7 Å². The first-order valence-electron chi connectivity index (χ1n) is 2.91. The Kier molecular flexibility index (Phi) is 3.84. The molecule has 0 saturated carbocycles. The number of carbonyl (C=O) groups is 2. The average Bonchev–Trinajstić information content (AvgIpc) is 1.80. The fourth-order valence-electron chi connectivity index (χ4n) is 0.394. The molecule has 0 unspecified atom stereocenters. The fourth-order valence-corrected chi connectivity index (χ4v) is 0.675. The van der Waals surface area contributed by atoms with Gasteiger partial charge in [0.15, 0.2) is 0 Å². The highest BCUT2D eigenvalue weighted by Crippen LogP contribution is 1.90. The van der Waals surface area contributed by atoms with E-state index in [-0.39, 0.29) is 0 Å². The topological polar surface area (TPSA) is 97.7 Å². The van der Waals surface area contributed by atoms with Gasteiger partial charge >= 0.3 is 16.1 Å². The molecule has 0 radical (unpaired) electrons. The number of Topliss-reactive ketones (excluding diaryl/α,β-unsaturated/α-hetero) is 1. The summed E-state index contributed by atoms with van der Waals surface area (Å²) in [4.78, 5) is 20.7. The Morgan fingerprint density at radius 2 is 1.92 bits per heavy atom. The fraction of sp³-hybridized carbons (Fsp3) is 0.600. The Morgan fingerprint density at radius 1 is 1.42 bits per heavy atom. The van der Waals surface area contributed by atoms with E-state index in [0.29, 0.717) is 0 Å². The number of ether oxygens (including phenoxy) is 1. The van der Waals surface area contributed by atoms with Gasteiger partial charge in [-0.2, -0.15) is 8.42 Å². The average molecular weight is 196 g/mol. The molecular weight excluding hydrogens is 188 g/mol. The Labute approximate surface area is 69.3 Å². The molecule has 6 nitrogen and oxygen atoms in total. The van der Waals surface area contributed by atoms with Crippen molar-refractivity contribution < 1.29 is 27.3 Å². The summed E-state index contributed by atoms with van der Waals surface area (Å²) in [6.45, 7) is 1.16. The molecule has 7 heteroatoms. The molecule has 0 aliphatic heterocycles. The minimum absolute atomic E-state index is 0.435. The molecule has 0 saturated heterocycles. The van der Waals surface area contributed by atoms with Crippen molar-refractivity contribution >= 4 is 21.9 Å². The lowest BCUT2D eigenvalue weighted by molar-refractivity contribution is -0.144. The van der Waals surface area contributed by atoms with Gasteiger partial charge in [0.25, 0.3) is 0 Å². The molecule has 0 atom stereocenters. The van der Waals surface area contributed by atoms with E-state index in [1.165, 1.54) is 0 Å². The third-order valence-corrected chi connectivity index (χ3v) is 1.18. The van der Waals surface area contributed by atoms with Crippen LogP contribution in [0.4, 0.5) is 0 Å². The molecule has 0 aromatic rings. The number of ketones is 1. The van der Waals surface area contributed by atoms with Crippen LogP contribution in [0.15, 0.2) is 0 Å². The third kappa shape index (κ3) is 7.16. The van der Waals surface area contributed by atoms with Gasteiger partial charge < -0.3 is 4.74 Å². The van der Waals surface area contributed by atoms with Crippen LogP contribution in [0, 0.1) is 0 Å². The molecule has 0 bridgehead atoms. The highest BCUT2D eigenvalue weighted by Gasteiger charge is 2.11. The zero-order valence-corrected chi connectivity index (χ0v) is 7.13. The minimum Gasteiger partial charge on any atom is -0.446 e. The van der Waals surface area contributed by atoms with Crippen LogP contribution in [0.3, 0.4) is 0 Å². The SMILES string of the molecule is CC(=O)CC(=O)OCS(=O)(=O)O. The maximum atomic E-state index is 10.5. The van der Waals surface area contributed by atoms with Crippen LogP contribution in [0.2, 0.25) is 0 Å². The van der Waals surface area contributed by atoms with Crippen molar-refractivity contribution in [2.24, 2.45) is 0 Å². The van der Waals surface area contributed by atoms with E-state index in [1.54, 1.807) is 0 Å². The minimum atomic E-state index is -4.31. The van der Waals surface area contributed by atoms with Crippen LogP contribution >= 0.6 is 0 Å². The molecule has 70 valence electrons. The van der Waals surface area contributed by atoms with Gasteiger partial charge in [0, 0.05) is 0 Å². The molecule has 0 aromatic heterocycles. The van der Waals surface area contributed by atoms with Gasteiger partial charge in [0.05, 0.1) is 0 Å². The van der Waals surface area contributed by atoms with E-state index in [4.69, 9.17) is 4.55 Å². The Hall–Kier alpha value is -0.950. The van der Waals surface area contributed by atoms with Crippen molar-refractivity contribution in [3.8, 4) is 0 Å². The molecule has 12 heavy (non-hydrogen) atoms. The summed E-state index contributed by atoms with van der Waals surface area (Å²) in [5.74, 6) is -2.52. The van der Waals surface area contributed by atoms with E-state index in [0.717, 1.165) is 6.92 Å². The van der Waals surface area contributed by atoms with Crippen LogP contribution in [0.25, 0.3) is 0 Å². The van der Waals surface area contributed by atoms with Crippen LogP contribution < -0.4 is 0 Å². The lowest BCUT2D eigenvalue weighted by Gasteiger charge is -1.99. The summed E-state index contributed by atoms with van der Waals surface area (Å²) in [5.41, 5.74) is 0. The van der Waals surface area contributed by atoms with Crippen LogP contribution in [0.1, 0.15) is 13.3 Å². The first-order valence-corrected chi connectivity index (χ1v) is 4.52. The van der Waals surface area contributed by atoms with Crippen LogP contribution in [-0.2, 0) is 24.4 Å². The van der Waals surface area contributed by atoms with Crippen molar-refractivity contribution in [3.63, 3.8) is 0 Å².